The van der Waals surface area contributed by atoms with Gasteiger partial charge in [0.25, 0.3) is 11.8 Å². The van der Waals surface area contributed by atoms with E-state index in [1.165, 1.54) is 0 Å². The van der Waals surface area contributed by atoms with Crippen molar-refractivity contribution in [3.8, 4) is 0 Å². The van der Waals surface area contributed by atoms with Crippen LogP contribution in [0.15, 0.2) is 72.5 Å². The molecular formula is C25H23N5O2. The summed E-state index contributed by atoms with van der Waals surface area (Å²) in [6, 6.07) is 14.6. The number of nitrogens with zero attached hydrogens (tertiary/aromatic N) is 1. The van der Waals surface area contributed by atoms with Crippen molar-refractivity contribution >= 4 is 45.0 Å². The highest BCUT2D eigenvalue weighted by atomic mass is 16.2. The van der Waals surface area contributed by atoms with Crippen LogP contribution >= 0.6 is 0 Å². The molecule has 0 saturated heterocycles. The zero-order valence-electron chi connectivity index (χ0n) is 17.7. The summed E-state index contributed by atoms with van der Waals surface area (Å²) in [5, 5.41) is 4.63. The lowest BCUT2D eigenvalue weighted by atomic mass is 10.2. The van der Waals surface area contributed by atoms with Gasteiger partial charge in [0.15, 0.2) is 0 Å². The molecule has 5 rings (SSSR count). The van der Waals surface area contributed by atoms with Crippen LogP contribution in [0.2, 0.25) is 0 Å². The number of rotatable bonds is 4. The summed E-state index contributed by atoms with van der Waals surface area (Å²) < 4.78 is 0. The minimum Gasteiger partial charge on any atom is -0.399 e. The van der Waals surface area contributed by atoms with E-state index in [9.17, 15) is 9.59 Å². The SMILES string of the molecule is C=CC1=C(C)CCN1C(=O)c1cc2cc(NC(=O)c3cc4cc(N)ccc4[nH]3)ccc2[nH]1. The van der Waals surface area contributed by atoms with Crippen LogP contribution in [0.4, 0.5) is 11.4 Å². The summed E-state index contributed by atoms with van der Waals surface area (Å²) in [6.07, 6.45) is 2.58. The van der Waals surface area contributed by atoms with Gasteiger partial charge in [-0.05, 0) is 73.5 Å². The molecule has 160 valence electrons. The fourth-order valence-corrected chi connectivity index (χ4v) is 4.20. The number of aromatic nitrogens is 2. The largest absolute Gasteiger partial charge is 0.399 e. The number of carbonyl (C=O) groups excluding carboxylic acids is 2. The van der Waals surface area contributed by atoms with Gasteiger partial charge < -0.3 is 25.9 Å². The Morgan fingerprint density at radius 1 is 1.03 bits per heavy atom. The van der Waals surface area contributed by atoms with Gasteiger partial charge in [0.1, 0.15) is 11.4 Å². The van der Waals surface area contributed by atoms with Crippen LogP contribution in [-0.2, 0) is 0 Å². The molecule has 0 spiro atoms. The van der Waals surface area contributed by atoms with Gasteiger partial charge in [-0.2, -0.15) is 0 Å². The predicted molar refractivity (Wildman–Crippen MR) is 128 cm³/mol. The van der Waals surface area contributed by atoms with Gasteiger partial charge in [0, 0.05) is 45.4 Å². The topological polar surface area (TPSA) is 107 Å². The molecule has 2 aromatic heterocycles. The molecule has 0 radical (unpaired) electrons. The van der Waals surface area contributed by atoms with Crippen molar-refractivity contribution in [2.45, 2.75) is 13.3 Å². The Kier molecular flexibility index (Phi) is 4.59. The molecule has 2 aromatic carbocycles. The van der Waals surface area contributed by atoms with Crippen LogP contribution in [0.3, 0.4) is 0 Å². The van der Waals surface area contributed by atoms with Crippen LogP contribution in [0.25, 0.3) is 21.8 Å². The van der Waals surface area contributed by atoms with Crippen LogP contribution in [-0.4, -0.2) is 33.2 Å². The number of allylic oxidation sites excluding steroid dienone is 1. The third-order valence-corrected chi connectivity index (χ3v) is 5.88. The predicted octanol–water partition coefficient (Wildman–Crippen LogP) is 4.79. The quantitative estimate of drug-likeness (QED) is 0.353. The maximum atomic E-state index is 13.0. The number of aromatic amines is 2. The highest BCUT2D eigenvalue weighted by molar-refractivity contribution is 6.07. The Balaban J connectivity index is 1.38. The number of amides is 2. The molecule has 7 heteroatoms. The van der Waals surface area contributed by atoms with Crippen molar-refractivity contribution in [1.82, 2.24) is 14.9 Å². The second kappa shape index (κ2) is 7.46. The monoisotopic (exact) mass is 425 g/mol. The number of nitrogens with two attached hydrogens (primary N) is 1. The van der Waals surface area contributed by atoms with Crippen molar-refractivity contribution in [3.05, 3.63) is 83.8 Å². The van der Waals surface area contributed by atoms with E-state index in [1.807, 2.05) is 37.3 Å². The summed E-state index contributed by atoms with van der Waals surface area (Å²) >= 11 is 0. The van der Waals surface area contributed by atoms with Gasteiger partial charge in [0.05, 0.1) is 0 Å². The van der Waals surface area contributed by atoms with E-state index in [1.54, 1.807) is 29.2 Å². The number of H-pyrrole nitrogens is 2. The van der Waals surface area contributed by atoms with Crippen molar-refractivity contribution < 1.29 is 9.59 Å². The van der Waals surface area contributed by atoms with E-state index < -0.39 is 0 Å². The smallest absolute Gasteiger partial charge is 0.274 e. The molecule has 0 atom stereocenters. The highest BCUT2D eigenvalue weighted by Crippen LogP contribution is 2.27. The number of hydrogen-bond donors (Lipinski definition) is 4. The van der Waals surface area contributed by atoms with Crippen LogP contribution < -0.4 is 11.1 Å². The first-order valence-electron chi connectivity index (χ1n) is 10.4. The van der Waals surface area contributed by atoms with Gasteiger partial charge in [-0.15, -0.1) is 0 Å². The van der Waals surface area contributed by atoms with E-state index in [4.69, 9.17) is 5.73 Å². The molecule has 7 nitrogen and oxygen atoms in total. The van der Waals surface area contributed by atoms with Crippen LogP contribution in [0.1, 0.15) is 34.3 Å². The van der Waals surface area contributed by atoms with Gasteiger partial charge in [-0.1, -0.05) is 6.58 Å². The minimum absolute atomic E-state index is 0.0871. The summed E-state index contributed by atoms with van der Waals surface area (Å²) in [5.41, 5.74) is 11.8. The molecule has 0 fully saturated rings. The van der Waals surface area contributed by atoms with Gasteiger partial charge in [-0.3, -0.25) is 9.59 Å². The first kappa shape index (κ1) is 19.7. The summed E-state index contributed by atoms with van der Waals surface area (Å²) in [7, 11) is 0. The number of anilines is 2. The van der Waals surface area contributed by atoms with E-state index in [0.29, 0.717) is 29.3 Å². The number of benzene rings is 2. The zero-order chi connectivity index (χ0) is 22.4. The number of nitrogens with one attached hydrogen (secondary N) is 3. The fourth-order valence-electron chi connectivity index (χ4n) is 4.20. The van der Waals surface area contributed by atoms with Crippen LogP contribution in [0, 0.1) is 0 Å². The summed E-state index contributed by atoms with van der Waals surface area (Å²) in [5.74, 6) is -0.338. The molecule has 0 bridgehead atoms. The third-order valence-electron chi connectivity index (χ3n) is 5.88. The van der Waals surface area contributed by atoms with E-state index in [2.05, 4.69) is 21.9 Å². The number of carbonyl (C=O) groups is 2. The van der Waals surface area contributed by atoms with Crippen LogP contribution in [0.5, 0.6) is 0 Å². The average molecular weight is 425 g/mol. The Morgan fingerprint density at radius 3 is 2.50 bits per heavy atom. The normalized spacial score (nSPS) is 13.8. The molecule has 3 heterocycles. The number of hydrogen-bond acceptors (Lipinski definition) is 3. The Morgan fingerprint density at radius 2 is 1.72 bits per heavy atom. The molecule has 0 aliphatic carbocycles. The Bertz CT molecular complexity index is 1440. The molecular weight excluding hydrogens is 402 g/mol. The van der Waals surface area contributed by atoms with Gasteiger partial charge >= 0.3 is 0 Å². The maximum absolute atomic E-state index is 13.0. The average Bonchev–Trinajstić information content (AvgIpc) is 3.48. The van der Waals surface area contributed by atoms with Gasteiger partial charge in [0.2, 0.25) is 0 Å². The molecule has 4 aromatic rings. The lowest BCUT2D eigenvalue weighted by Crippen LogP contribution is -2.27. The molecule has 2 amide bonds. The van der Waals surface area contributed by atoms with E-state index in [-0.39, 0.29) is 11.8 Å². The van der Waals surface area contributed by atoms with Crippen molar-refractivity contribution in [2.24, 2.45) is 0 Å². The second-order valence-electron chi connectivity index (χ2n) is 8.05. The Labute approximate surface area is 184 Å². The van der Waals surface area contributed by atoms with Crippen molar-refractivity contribution in [3.63, 3.8) is 0 Å². The number of fused-ring (bicyclic) bond motifs is 2. The lowest BCUT2D eigenvalue weighted by Gasteiger charge is -2.17. The van der Waals surface area contributed by atoms with E-state index in [0.717, 1.165) is 39.5 Å². The molecule has 0 unspecified atom stereocenters. The summed E-state index contributed by atoms with van der Waals surface area (Å²) in [4.78, 5) is 33.8. The molecule has 1 aliphatic rings. The fraction of sp³-hybridized carbons (Fsp3) is 0.120. The minimum atomic E-state index is -0.251. The molecule has 1 aliphatic heterocycles. The highest BCUT2D eigenvalue weighted by Gasteiger charge is 2.25. The molecule has 5 N–H and O–H groups in total. The standard InChI is InChI=1S/C25H23N5O2/c1-3-23-14(2)8-9-30(23)25(32)22-13-16-11-18(5-7-20(16)29-22)27-24(31)21-12-15-10-17(26)4-6-19(15)28-21/h3-7,10-13,28-29H,1,8-9,26H2,2H3,(H,27,31). The molecule has 0 saturated carbocycles. The third kappa shape index (κ3) is 3.33. The van der Waals surface area contributed by atoms with E-state index >= 15 is 0 Å². The first-order chi connectivity index (χ1) is 15.4. The summed E-state index contributed by atoms with van der Waals surface area (Å²) in [6.45, 7) is 6.51. The first-order valence-corrected chi connectivity index (χ1v) is 10.4. The number of nitrogen functional groups attached to an aromatic ring is 1. The van der Waals surface area contributed by atoms with Crippen molar-refractivity contribution in [1.29, 1.82) is 0 Å². The Hall–Kier alpha value is -4.26. The van der Waals surface area contributed by atoms with Crippen molar-refractivity contribution in [2.75, 3.05) is 17.6 Å². The maximum Gasteiger partial charge on any atom is 0.274 e. The molecule has 32 heavy (non-hydrogen) atoms. The second-order valence-corrected chi connectivity index (χ2v) is 8.05. The van der Waals surface area contributed by atoms with Gasteiger partial charge in [-0.25, -0.2) is 0 Å². The zero-order valence-corrected chi connectivity index (χ0v) is 17.7. The lowest BCUT2D eigenvalue weighted by molar-refractivity contribution is 0.0818.